The summed E-state index contributed by atoms with van der Waals surface area (Å²) in [6.45, 7) is 9.00. The molecular weight excluding hydrogens is 918 g/mol. The average molecular weight is 932 g/mol. The lowest BCUT2D eigenvalue weighted by atomic mass is 10.3. The van der Waals surface area contributed by atoms with Gasteiger partial charge in [-0.25, -0.2) is 0 Å². The average Bonchev–Trinajstić information content (AvgIpc) is 2.11. The van der Waals surface area contributed by atoms with E-state index in [0.29, 0.717) is 12.1 Å². The minimum absolute atomic E-state index is 0.436. The van der Waals surface area contributed by atoms with Crippen LogP contribution in [-0.2, 0) is 0 Å². The van der Waals surface area contributed by atoms with Crippen molar-refractivity contribution >= 4 is 155 Å². The maximum atomic E-state index is 4.23. The van der Waals surface area contributed by atoms with E-state index in [2.05, 4.69) is 170 Å². The van der Waals surface area contributed by atoms with Crippen molar-refractivity contribution < 1.29 is 0 Å². The van der Waals surface area contributed by atoms with Crippen LogP contribution in [0.2, 0.25) is 0 Å². The maximum absolute atomic E-state index is 4.23. The van der Waals surface area contributed by atoms with E-state index in [1.165, 1.54) is 0 Å². The summed E-state index contributed by atoms with van der Waals surface area (Å²) in [5, 5.41) is 0. The summed E-state index contributed by atoms with van der Waals surface area (Å²) in [5.74, 6) is -2.14. The lowest BCUT2D eigenvalue weighted by Crippen LogP contribution is -2.79. The van der Waals surface area contributed by atoms with Crippen LogP contribution < -0.4 is 0 Å². The van der Waals surface area contributed by atoms with E-state index < -0.39 is 17.1 Å². The summed E-state index contributed by atoms with van der Waals surface area (Å²) < 4.78 is -3.41. The van der Waals surface area contributed by atoms with Gasteiger partial charge in [-0.05, 0) is 12.1 Å². The third-order valence-electron chi connectivity index (χ3n) is 2.62. The lowest BCUT2D eigenvalue weighted by Gasteiger charge is -2.52. The van der Waals surface area contributed by atoms with Crippen molar-refractivity contribution in [1.82, 2.24) is 4.57 Å². The minimum Gasteiger partial charge on any atom is -0.311 e. The molecule has 0 aliphatic heterocycles. The van der Waals surface area contributed by atoms with Gasteiger partial charge in [-0.2, -0.15) is 0 Å². The van der Waals surface area contributed by atoms with E-state index in [1.807, 2.05) is 0 Å². The highest BCUT2D eigenvalue weighted by Crippen LogP contribution is 2.59. The Morgan fingerprint density at radius 3 is 1.05 bits per heavy atom. The van der Waals surface area contributed by atoms with Gasteiger partial charge >= 0.3 is 0 Å². The molecule has 0 rings (SSSR count). The number of rotatable bonds is 6. The van der Waals surface area contributed by atoms with Crippen LogP contribution in [0.3, 0.4) is 0 Å². The third kappa shape index (κ3) is 5.33. The van der Waals surface area contributed by atoms with Crippen molar-refractivity contribution in [3.63, 3.8) is 0 Å². The molecule has 0 aromatic carbocycles. The molecular formula is C6H14Br9NSi4. The molecule has 122 valence electrons. The summed E-state index contributed by atoms with van der Waals surface area (Å²) in [5.41, 5.74) is 0. The van der Waals surface area contributed by atoms with E-state index in [1.54, 1.807) is 0 Å². The van der Waals surface area contributed by atoms with Gasteiger partial charge in [-0.1, -0.05) is 119 Å². The standard InChI is InChI=1S/C6H14Br9NSi4/c1-5(2)16(6(3)4)20(15,18(10,11)12)19(13,14)17(7,8)9/h5-6H,1-4H3. The highest BCUT2D eigenvalue weighted by molar-refractivity contribution is 9.85. The molecule has 0 amide bonds. The summed E-state index contributed by atoms with van der Waals surface area (Å²) in [6, 6.07) is 0.873. The fraction of sp³-hybridized carbons (Fsp3) is 1.00. The van der Waals surface area contributed by atoms with E-state index in [4.69, 9.17) is 0 Å². The van der Waals surface area contributed by atoms with Crippen molar-refractivity contribution in [2.24, 2.45) is 0 Å². The van der Waals surface area contributed by atoms with Gasteiger partial charge in [0.1, 0.15) is 0 Å². The van der Waals surface area contributed by atoms with Gasteiger partial charge < -0.3 is 4.57 Å². The zero-order chi connectivity index (χ0) is 16.7. The second-order valence-corrected chi connectivity index (χ2v) is 107. The van der Waals surface area contributed by atoms with Crippen LogP contribution in [0.15, 0.2) is 0 Å². The predicted molar refractivity (Wildman–Crippen MR) is 135 cm³/mol. The summed E-state index contributed by atoms with van der Waals surface area (Å²) in [7, 11) is 0. The number of nitrogens with zero attached hydrogens (tertiary/aromatic N) is 1. The summed E-state index contributed by atoms with van der Waals surface area (Å²) in [4.78, 5) is 0. The number of halogens is 9. The SMILES string of the molecule is CC(C)N(C(C)C)[Si](Br)([Si](Br)(Br)Br)[Si](Br)(Br)[Si](Br)(Br)Br. The van der Waals surface area contributed by atoms with Gasteiger partial charge in [-0.3, -0.25) is 0 Å². The molecule has 1 atom stereocenters. The molecule has 1 nitrogen and oxygen atoms in total. The fourth-order valence-corrected chi connectivity index (χ4v) is 207. The molecule has 1 unspecified atom stereocenters. The molecule has 0 spiro atoms. The Hall–Kier alpha value is 5.15. The molecule has 0 aromatic rings. The first kappa shape index (κ1) is 25.1. The zero-order valence-electron chi connectivity index (χ0n) is 11.0. The van der Waals surface area contributed by atoms with Gasteiger partial charge in [0.15, 0.2) is 0 Å². The molecule has 14 heteroatoms. The van der Waals surface area contributed by atoms with Crippen LogP contribution >= 0.6 is 138 Å². The highest BCUT2D eigenvalue weighted by Gasteiger charge is 2.74. The minimum atomic E-state index is -2.14. The number of hydrogen-bond acceptors (Lipinski definition) is 1. The smallest absolute Gasteiger partial charge is 0.282 e. The van der Waals surface area contributed by atoms with Gasteiger partial charge in [0, 0.05) is 0 Å². The van der Waals surface area contributed by atoms with Gasteiger partial charge in [-0.15, -0.1) is 45.9 Å². The summed E-state index contributed by atoms with van der Waals surface area (Å²) in [6.07, 6.45) is 0. The van der Waals surface area contributed by atoms with Crippen LogP contribution in [0.4, 0.5) is 0 Å². The Morgan fingerprint density at radius 2 is 0.900 bits per heavy atom. The van der Waals surface area contributed by atoms with Crippen LogP contribution in [0.1, 0.15) is 27.7 Å². The first-order valence-corrected chi connectivity index (χ1v) is 36.8. The Labute approximate surface area is 195 Å². The van der Waals surface area contributed by atoms with E-state index in [9.17, 15) is 0 Å². The van der Waals surface area contributed by atoms with E-state index in [-0.39, 0.29) is 0 Å². The molecule has 0 aliphatic carbocycles. The quantitative estimate of drug-likeness (QED) is 0.196. The van der Waals surface area contributed by atoms with Crippen LogP contribution in [0.25, 0.3) is 0 Å². The van der Waals surface area contributed by atoms with Crippen LogP contribution in [0, 0.1) is 0 Å². The van der Waals surface area contributed by atoms with Crippen molar-refractivity contribution in [3.05, 3.63) is 0 Å². The van der Waals surface area contributed by atoms with Crippen molar-refractivity contribution in [2.75, 3.05) is 0 Å². The molecule has 0 bridgehead atoms. The maximum Gasteiger partial charge on any atom is 0.282 e. The Kier molecular flexibility index (Phi) is 11.2. The van der Waals surface area contributed by atoms with Crippen molar-refractivity contribution in [1.29, 1.82) is 0 Å². The zero-order valence-corrected chi connectivity index (χ0v) is 29.3. The Balaban J connectivity index is 6.29. The van der Waals surface area contributed by atoms with Crippen molar-refractivity contribution in [2.45, 2.75) is 39.8 Å². The first-order valence-electron chi connectivity index (χ1n) is 5.50. The van der Waals surface area contributed by atoms with Gasteiger partial charge in [0.25, 0.3) is 6.90 Å². The molecule has 20 heavy (non-hydrogen) atoms. The third-order valence-corrected chi connectivity index (χ3v) is 178. The molecule has 0 aromatic heterocycles. The van der Waals surface area contributed by atoms with Crippen LogP contribution in [0.5, 0.6) is 0 Å². The largest absolute Gasteiger partial charge is 0.311 e. The van der Waals surface area contributed by atoms with Crippen LogP contribution in [-0.4, -0.2) is 33.8 Å². The second kappa shape index (κ2) is 8.89. The molecule has 0 N–H and O–H groups in total. The topological polar surface area (TPSA) is 3.24 Å². The van der Waals surface area contributed by atoms with Crippen molar-refractivity contribution in [3.8, 4) is 0 Å². The fourth-order valence-electron chi connectivity index (χ4n) is 1.98. The first-order chi connectivity index (χ1) is 8.51. The van der Waals surface area contributed by atoms with E-state index in [0.717, 1.165) is 0 Å². The van der Waals surface area contributed by atoms with Gasteiger partial charge in [0.2, 0.25) is 10.2 Å². The molecule has 0 saturated heterocycles. The monoisotopic (exact) mass is 922 g/mol. The molecule has 0 aliphatic rings. The molecule has 0 fully saturated rings. The summed E-state index contributed by atoms with van der Waals surface area (Å²) >= 11 is 35.9. The second-order valence-electron chi connectivity index (χ2n) is 4.79. The highest BCUT2D eigenvalue weighted by atomic mass is 80.0. The van der Waals surface area contributed by atoms with Gasteiger partial charge in [0.05, 0.1) is 0 Å². The predicted octanol–water partition coefficient (Wildman–Crippen LogP) is 7.66. The lowest BCUT2D eigenvalue weighted by molar-refractivity contribution is 0.312. The molecule has 0 heterocycles. The normalized spacial score (nSPS) is 18.0. The molecule has 0 radical (unpaired) electrons. The van der Waals surface area contributed by atoms with E-state index >= 15 is 0 Å². The number of hydrogen-bond donors (Lipinski definition) is 0. The molecule has 0 saturated carbocycles. The Bertz CT molecular complexity index is 332. The Morgan fingerprint density at radius 1 is 0.600 bits per heavy atom.